The van der Waals surface area contributed by atoms with Gasteiger partial charge in [0.25, 0.3) is 0 Å². The minimum Gasteiger partial charge on any atom is -0.496 e. The average Bonchev–Trinajstić information content (AvgIpc) is 3.18. The number of hydrogen-bond donors (Lipinski definition) is 0. The molecule has 2 unspecified atom stereocenters. The highest BCUT2D eigenvalue weighted by Gasteiger charge is 2.54. The Morgan fingerprint density at radius 1 is 1.60 bits per heavy atom. The van der Waals surface area contributed by atoms with Crippen molar-refractivity contribution in [2.45, 2.75) is 19.0 Å². The van der Waals surface area contributed by atoms with Crippen LogP contribution in [0.4, 0.5) is 0 Å². The van der Waals surface area contributed by atoms with Gasteiger partial charge in [-0.3, -0.25) is 14.9 Å². The molecule has 0 saturated heterocycles. The fraction of sp³-hybridized carbons (Fsp3) is 0.462. The van der Waals surface area contributed by atoms with Gasteiger partial charge in [-0.1, -0.05) is 15.9 Å². The monoisotopic (exact) mass is 342 g/mol. The van der Waals surface area contributed by atoms with E-state index in [2.05, 4.69) is 15.9 Å². The molecule has 0 spiro atoms. The molecule has 1 saturated carbocycles. The highest BCUT2D eigenvalue weighted by atomic mass is 79.9. The van der Waals surface area contributed by atoms with Crippen LogP contribution in [0.1, 0.15) is 12.0 Å². The van der Waals surface area contributed by atoms with Crippen molar-refractivity contribution < 1.29 is 14.5 Å². The van der Waals surface area contributed by atoms with Gasteiger partial charge in [0.1, 0.15) is 11.7 Å². The van der Waals surface area contributed by atoms with Crippen molar-refractivity contribution in [3.05, 3.63) is 38.3 Å². The first-order valence-corrected chi connectivity index (χ1v) is 6.94. The summed E-state index contributed by atoms with van der Waals surface area (Å²) in [7, 11) is 3.22. The van der Waals surface area contributed by atoms with E-state index in [1.54, 1.807) is 14.2 Å². The van der Waals surface area contributed by atoms with Gasteiger partial charge in [-0.2, -0.15) is 0 Å². The van der Waals surface area contributed by atoms with E-state index in [0.29, 0.717) is 18.7 Å². The zero-order valence-electron chi connectivity index (χ0n) is 11.2. The number of nitro groups is 1. The molecule has 1 fully saturated rings. The zero-order valence-corrected chi connectivity index (χ0v) is 12.8. The zero-order chi connectivity index (χ0) is 14.9. The van der Waals surface area contributed by atoms with Gasteiger partial charge >= 0.3 is 0 Å². The number of nitrogens with zero attached hydrogens (tertiary/aromatic N) is 2. The molecular formula is C13H15BrN2O4. The lowest BCUT2D eigenvalue weighted by molar-refractivity contribution is -0.497. The van der Waals surface area contributed by atoms with E-state index in [4.69, 9.17) is 4.74 Å². The summed E-state index contributed by atoms with van der Waals surface area (Å²) < 4.78 is 6.14. The van der Waals surface area contributed by atoms with Crippen LogP contribution in [0.3, 0.4) is 0 Å². The van der Waals surface area contributed by atoms with Crippen molar-refractivity contribution in [2.24, 2.45) is 5.92 Å². The van der Waals surface area contributed by atoms with Gasteiger partial charge in [0.15, 0.2) is 0 Å². The maximum atomic E-state index is 12.1. The van der Waals surface area contributed by atoms with Crippen LogP contribution in [0.25, 0.3) is 0 Å². The van der Waals surface area contributed by atoms with Gasteiger partial charge in [0.05, 0.1) is 7.11 Å². The third kappa shape index (κ3) is 3.09. The molecule has 0 radical (unpaired) electrons. The van der Waals surface area contributed by atoms with E-state index in [1.165, 1.54) is 4.90 Å². The number of amides is 1. The molecule has 7 heteroatoms. The second-order valence-electron chi connectivity index (χ2n) is 4.85. The minimum atomic E-state index is -0.714. The molecule has 0 aromatic heterocycles. The number of rotatable bonds is 5. The smallest absolute Gasteiger partial charge is 0.232 e. The van der Waals surface area contributed by atoms with Crippen molar-refractivity contribution in [2.75, 3.05) is 14.2 Å². The number of benzene rings is 1. The van der Waals surface area contributed by atoms with E-state index in [0.717, 1.165) is 10.0 Å². The van der Waals surface area contributed by atoms with E-state index in [9.17, 15) is 14.9 Å². The maximum Gasteiger partial charge on any atom is 0.232 e. The fourth-order valence-corrected chi connectivity index (χ4v) is 2.58. The van der Waals surface area contributed by atoms with Gasteiger partial charge in [-0.25, -0.2) is 0 Å². The van der Waals surface area contributed by atoms with Gasteiger partial charge in [-0.05, 0) is 18.2 Å². The first-order chi connectivity index (χ1) is 9.43. The summed E-state index contributed by atoms with van der Waals surface area (Å²) in [4.78, 5) is 23.8. The number of carbonyl (C=O) groups excluding carboxylic acids is 1. The molecule has 0 heterocycles. The lowest BCUT2D eigenvalue weighted by atomic mass is 10.2. The molecule has 6 nitrogen and oxygen atoms in total. The minimum absolute atomic E-state index is 0.186. The van der Waals surface area contributed by atoms with Gasteiger partial charge in [0.2, 0.25) is 11.9 Å². The normalized spacial score (nSPS) is 20.4. The van der Waals surface area contributed by atoms with Crippen LogP contribution in [-0.4, -0.2) is 35.9 Å². The Kier molecular flexibility index (Phi) is 4.27. The molecule has 2 rings (SSSR count). The Labute approximate surface area is 125 Å². The summed E-state index contributed by atoms with van der Waals surface area (Å²) in [6.45, 7) is 0.363. The Hall–Kier alpha value is -1.63. The van der Waals surface area contributed by atoms with Crippen LogP contribution < -0.4 is 4.74 Å². The van der Waals surface area contributed by atoms with Crippen LogP contribution in [0.15, 0.2) is 22.7 Å². The summed E-state index contributed by atoms with van der Waals surface area (Å²) in [6.07, 6.45) is 0.339. The Balaban J connectivity index is 2.05. The van der Waals surface area contributed by atoms with Crippen LogP contribution in [0.5, 0.6) is 5.75 Å². The summed E-state index contributed by atoms with van der Waals surface area (Å²) in [5, 5.41) is 10.6. The van der Waals surface area contributed by atoms with Crippen molar-refractivity contribution in [1.29, 1.82) is 0 Å². The molecule has 1 amide bonds. The topological polar surface area (TPSA) is 72.7 Å². The van der Waals surface area contributed by atoms with Crippen molar-refractivity contribution >= 4 is 21.8 Å². The number of carbonyl (C=O) groups is 1. The van der Waals surface area contributed by atoms with E-state index in [-0.39, 0.29) is 10.8 Å². The van der Waals surface area contributed by atoms with Gasteiger partial charge in [-0.15, -0.1) is 0 Å². The molecule has 1 aromatic rings. The molecule has 2 atom stereocenters. The predicted octanol–water partition coefficient (Wildman–Crippen LogP) is 2.08. The summed E-state index contributed by atoms with van der Waals surface area (Å²) >= 11 is 3.37. The number of halogens is 1. The first-order valence-electron chi connectivity index (χ1n) is 6.15. The van der Waals surface area contributed by atoms with Crippen LogP contribution in [0, 0.1) is 16.0 Å². The Morgan fingerprint density at radius 3 is 2.85 bits per heavy atom. The lowest BCUT2D eigenvalue weighted by Gasteiger charge is -2.18. The molecule has 20 heavy (non-hydrogen) atoms. The van der Waals surface area contributed by atoms with Gasteiger partial charge < -0.3 is 9.64 Å². The fourth-order valence-electron chi connectivity index (χ4n) is 2.17. The number of ether oxygens (including phenoxy) is 1. The van der Waals surface area contributed by atoms with E-state index >= 15 is 0 Å². The van der Waals surface area contributed by atoms with Gasteiger partial charge in [0, 0.05) is 35.0 Å². The molecule has 0 bridgehead atoms. The summed E-state index contributed by atoms with van der Waals surface area (Å²) in [5.74, 6) is 0.0244. The second kappa shape index (κ2) is 5.78. The molecule has 1 aromatic carbocycles. The molecule has 1 aliphatic carbocycles. The number of hydrogen-bond acceptors (Lipinski definition) is 4. The third-order valence-corrected chi connectivity index (χ3v) is 3.86. The second-order valence-corrected chi connectivity index (χ2v) is 5.76. The van der Waals surface area contributed by atoms with Crippen molar-refractivity contribution in [3.63, 3.8) is 0 Å². The molecule has 0 aliphatic heterocycles. The highest BCUT2D eigenvalue weighted by Crippen LogP contribution is 2.35. The SMILES string of the molecule is COc1ccc(Br)cc1CN(C)C(=O)C1CC1[N+](=O)[O-]. The van der Waals surface area contributed by atoms with E-state index in [1.807, 2.05) is 18.2 Å². The molecule has 0 N–H and O–H groups in total. The average molecular weight is 343 g/mol. The van der Waals surface area contributed by atoms with Crippen molar-refractivity contribution in [3.8, 4) is 5.75 Å². The predicted molar refractivity (Wildman–Crippen MR) is 76.1 cm³/mol. The largest absolute Gasteiger partial charge is 0.496 e. The molecular weight excluding hydrogens is 328 g/mol. The molecule has 108 valence electrons. The lowest BCUT2D eigenvalue weighted by Crippen LogP contribution is -2.29. The van der Waals surface area contributed by atoms with Crippen LogP contribution >= 0.6 is 15.9 Å². The van der Waals surface area contributed by atoms with Crippen LogP contribution in [0.2, 0.25) is 0 Å². The Bertz CT molecular complexity index is 549. The van der Waals surface area contributed by atoms with Crippen molar-refractivity contribution in [1.82, 2.24) is 4.90 Å². The van der Waals surface area contributed by atoms with E-state index < -0.39 is 12.0 Å². The summed E-state index contributed by atoms with van der Waals surface area (Å²) in [6, 6.07) is 4.83. The number of methoxy groups -OCH3 is 1. The highest BCUT2D eigenvalue weighted by molar-refractivity contribution is 9.10. The maximum absolute atomic E-state index is 12.1. The Morgan fingerprint density at radius 2 is 2.30 bits per heavy atom. The van der Waals surface area contributed by atoms with Crippen LogP contribution in [-0.2, 0) is 11.3 Å². The summed E-state index contributed by atoms with van der Waals surface area (Å²) in [5.41, 5.74) is 0.857. The standard InChI is InChI=1S/C13H15BrN2O4/c1-15(13(17)10-6-11(10)16(18)19)7-8-5-9(14)3-4-12(8)20-2/h3-5,10-11H,6-7H2,1-2H3. The third-order valence-electron chi connectivity index (χ3n) is 3.37. The first kappa shape index (κ1) is 14.8. The quantitative estimate of drug-likeness (QED) is 0.606. The molecule has 1 aliphatic rings.